The van der Waals surface area contributed by atoms with Gasteiger partial charge in [-0.2, -0.15) is 0 Å². The van der Waals surface area contributed by atoms with Crippen LogP contribution in [0.2, 0.25) is 0 Å². The van der Waals surface area contributed by atoms with Gasteiger partial charge < -0.3 is 19.9 Å². The van der Waals surface area contributed by atoms with Crippen LogP contribution in [0.3, 0.4) is 0 Å². The average Bonchev–Trinajstić information content (AvgIpc) is 2.42. The molecule has 0 aliphatic heterocycles. The lowest BCUT2D eigenvalue weighted by molar-refractivity contribution is -0.141. The van der Waals surface area contributed by atoms with E-state index in [4.69, 9.17) is 14.6 Å². The molecule has 1 aliphatic rings. The Bertz CT molecular complexity index is 313. The third-order valence-corrected chi connectivity index (χ3v) is 3.77. The van der Waals surface area contributed by atoms with E-state index < -0.39 is 5.97 Å². The number of amides is 1. The molecule has 1 rings (SSSR count). The van der Waals surface area contributed by atoms with E-state index >= 15 is 0 Å². The van der Waals surface area contributed by atoms with Crippen molar-refractivity contribution in [3.05, 3.63) is 0 Å². The fraction of sp³-hybridized carbons (Fsp3) is 0.857. The van der Waals surface area contributed by atoms with Gasteiger partial charge >= 0.3 is 5.97 Å². The second-order valence-electron chi connectivity index (χ2n) is 5.45. The van der Waals surface area contributed by atoms with E-state index in [0.29, 0.717) is 19.8 Å². The molecule has 1 fully saturated rings. The summed E-state index contributed by atoms with van der Waals surface area (Å²) in [5.41, 5.74) is -0.285. The van der Waals surface area contributed by atoms with Crippen molar-refractivity contribution in [2.75, 3.05) is 33.5 Å². The van der Waals surface area contributed by atoms with E-state index in [-0.39, 0.29) is 24.3 Å². The van der Waals surface area contributed by atoms with Gasteiger partial charge in [0.15, 0.2) is 0 Å². The van der Waals surface area contributed by atoms with Crippen LogP contribution in [0.5, 0.6) is 0 Å². The van der Waals surface area contributed by atoms with Crippen LogP contribution in [-0.4, -0.2) is 50.5 Å². The molecule has 0 aromatic heterocycles. The number of carbonyl (C=O) groups is 2. The van der Waals surface area contributed by atoms with Gasteiger partial charge in [-0.3, -0.25) is 9.59 Å². The van der Waals surface area contributed by atoms with Crippen LogP contribution in [0.1, 0.15) is 38.5 Å². The molecule has 6 nitrogen and oxygen atoms in total. The van der Waals surface area contributed by atoms with Crippen molar-refractivity contribution in [1.29, 1.82) is 0 Å². The Kier molecular flexibility index (Phi) is 7.54. The SMILES string of the molecule is COCCOCC(=O)NCC1(CC(=O)O)CCCCC1. The highest BCUT2D eigenvalue weighted by molar-refractivity contribution is 5.77. The Labute approximate surface area is 119 Å². The van der Waals surface area contributed by atoms with Crippen molar-refractivity contribution in [3.8, 4) is 0 Å². The van der Waals surface area contributed by atoms with Crippen molar-refractivity contribution >= 4 is 11.9 Å². The quantitative estimate of drug-likeness (QED) is 0.622. The van der Waals surface area contributed by atoms with Crippen LogP contribution in [0.4, 0.5) is 0 Å². The lowest BCUT2D eigenvalue weighted by atomic mass is 9.71. The summed E-state index contributed by atoms with van der Waals surface area (Å²) in [4.78, 5) is 22.7. The lowest BCUT2D eigenvalue weighted by Crippen LogP contribution is -2.41. The maximum Gasteiger partial charge on any atom is 0.303 e. The molecule has 2 N–H and O–H groups in total. The highest BCUT2D eigenvalue weighted by atomic mass is 16.5. The van der Waals surface area contributed by atoms with Crippen LogP contribution in [0.25, 0.3) is 0 Å². The van der Waals surface area contributed by atoms with Crippen molar-refractivity contribution < 1.29 is 24.2 Å². The molecule has 0 radical (unpaired) electrons. The first-order chi connectivity index (χ1) is 9.58. The Morgan fingerprint density at radius 1 is 1.20 bits per heavy atom. The summed E-state index contributed by atoms with van der Waals surface area (Å²) in [6.07, 6.45) is 5.07. The number of carbonyl (C=O) groups excluding carboxylic acids is 1. The van der Waals surface area contributed by atoms with Gasteiger partial charge in [-0.05, 0) is 18.3 Å². The molecule has 0 heterocycles. The Morgan fingerprint density at radius 2 is 1.90 bits per heavy atom. The smallest absolute Gasteiger partial charge is 0.303 e. The molecular weight excluding hydrogens is 262 g/mol. The van der Waals surface area contributed by atoms with Gasteiger partial charge in [-0.1, -0.05) is 19.3 Å². The molecular formula is C14H25NO5. The highest BCUT2D eigenvalue weighted by Gasteiger charge is 2.34. The summed E-state index contributed by atoms with van der Waals surface area (Å²) < 4.78 is 9.95. The summed E-state index contributed by atoms with van der Waals surface area (Å²) in [5.74, 6) is -0.992. The van der Waals surface area contributed by atoms with Crippen molar-refractivity contribution in [2.45, 2.75) is 38.5 Å². The largest absolute Gasteiger partial charge is 0.481 e. The third-order valence-electron chi connectivity index (χ3n) is 3.77. The molecule has 0 atom stereocenters. The van der Waals surface area contributed by atoms with Gasteiger partial charge in [-0.15, -0.1) is 0 Å². The molecule has 0 aromatic carbocycles. The lowest BCUT2D eigenvalue weighted by Gasteiger charge is -2.36. The minimum Gasteiger partial charge on any atom is -0.481 e. The minimum absolute atomic E-state index is 0.00743. The van der Waals surface area contributed by atoms with E-state index in [1.54, 1.807) is 7.11 Å². The summed E-state index contributed by atoms with van der Waals surface area (Å²) in [7, 11) is 1.57. The maximum absolute atomic E-state index is 11.7. The summed E-state index contributed by atoms with van der Waals surface area (Å²) in [5, 5.41) is 11.9. The average molecular weight is 287 g/mol. The highest BCUT2D eigenvalue weighted by Crippen LogP contribution is 2.38. The molecule has 1 saturated carbocycles. The molecule has 1 aliphatic carbocycles. The Balaban J connectivity index is 2.34. The fourth-order valence-corrected chi connectivity index (χ4v) is 2.68. The zero-order valence-electron chi connectivity index (χ0n) is 12.2. The van der Waals surface area contributed by atoms with E-state index in [1.807, 2.05) is 0 Å². The normalized spacial score (nSPS) is 17.6. The van der Waals surface area contributed by atoms with E-state index in [9.17, 15) is 9.59 Å². The number of methoxy groups -OCH3 is 1. The summed E-state index contributed by atoms with van der Waals surface area (Å²) in [6, 6.07) is 0. The predicted octanol–water partition coefficient (Wildman–Crippen LogP) is 1.19. The molecule has 0 aromatic rings. The monoisotopic (exact) mass is 287 g/mol. The molecule has 20 heavy (non-hydrogen) atoms. The van der Waals surface area contributed by atoms with Crippen molar-refractivity contribution in [1.82, 2.24) is 5.32 Å². The van der Waals surface area contributed by atoms with Crippen LogP contribution in [0, 0.1) is 5.41 Å². The number of hydrogen-bond donors (Lipinski definition) is 2. The van der Waals surface area contributed by atoms with Gasteiger partial charge in [-0.25, -0.2) is 0 Å². The first kappa shape index (κ1) is 16.9. The number of ether oxygens (including phenoxy) is 2. The number of nitrogens with one attached hydrogen (secondary N) is 1. The van der Waals surface area contributed by atoms with Crippen LogP contribution in [-0.2, 0) is 19.1 Å². The van der Waals surface area contributed by atoms with Gasteiger partial charge in [0, 0.05) is 13.7 Å². The second kappa shape index (κ2) is 8.92. The summed E-state index contributed by atoms with van der Waals surface area (Å²) in [6.45, 7) is 1.25. The molecule has 0 saturated heterocycles. The molecule has 6 heteroatoms. The van der Waals surface area contributed by atoms with Crippen LogP contribution >= 0.6 is 0 Å². The predicted molar refractivity (Wildman–Crippen MR) is 73.5 cm³/mol. The number of carboxylic acid groups (broad SMARTS) is 1. The zero-order valence-corrected chi connectivity index (χ0v) is 12.2. The molecule has 0 spiro atoms. The Hall–Kier alpha value is -1.14. The Morgan fingerprint density at radius 3 is 2.50 bits per heavy atom. The minimum atomic E-state index is -0.794. The number of aliphatic carboxylic acids is 1. The fourth-order valence-electron chi connectivity index (χ4n) is 2.68. The third kappa shape index (κ3) is 6.34. The van der Waals surface area contributed by atoms with E-state index in [0.717, 1.165) is 32.1 Å². The molecule has 116 valence electrons. The van der Waals surface area contributed by atoms with E-state index in [1.165, 1.54) is 0 Å². The molecule has 0 bridgehead atoms. The van der Waals surface area contributed by atoms with Crippen molar-refractivity contribution in [3.63, 3.8) is 0 Å². The maximum atomic E-state index is 11.7. The zero-order chi connectivity index (χ0) is 14.8. The van der Waals surface area contributed by atoms with Crippen LogP contribution in [0.15, 0.2) is 0 Å². The van der Waals surface area contributed by atoms with E-state index in [2.05, 4.69) is 5.32 Å². The van der Waals surface area contributed by atoms with Crippen LogP contribution < -0.4 is 5.32 Å². The number of hydrogen-bond acceptors (Lipinski definition) is 4. The van der Waals surface area contributed by atoms with Crippen molar-refractivity contribution in [2.24, 2.45) is 5.41 Å². The van der Waals surface area contributed by atoms with Gasteiger partial charge in [0.05, 0.1) is 19.6 Å². The standard InChI is InChI=1S/C14H25NO5/c1-19-7-8-20-10-12(16)15-11-14(9-13(17)18)5-3-2-4-6-14/h2-11H2,1H3,(H,15,16)(H,17,18). The van der Waals surface area contributed by atoms with Gasteiger partial charge in [0.2, 0.25) is 5.91 Å². The van der Waals surface area contributed by atoms with Gasteiger partial charge in [0.1, 0.15) is 6.61 Å². The molecule has 0 unspecified atom stereocenters. The number of carboxylic acids is 1. The number of rotatable bonds is 9. The van der Waals surface area contributed by atoms with Gasteiger partial charge in [0.25, 0.3) is 0 Å². The molecule has 1 amide bonds. The summed E-state index contributed by atoms with van der Waals surface area (Å²) >= 11 is 0. The first-order valence-corrected chi connectivity index (χ1v) is 7.13. The first-order valence-electron chi connectivity index (χ1n) is 7.13. The topological polar surface area (TPSA) is 84.9 Å². The second-order valence-corrected chi connectivity index (χ2v) is 5.45.